The number of hydrogen-bond donors (Lipinski definition) is 2. The lowest BCUT2D eigenvalue weighted by atomic mass is 10.0. The van der Waals surface area contributed by atoms with E-state index in [0.717, 1.165) is 32.5 Å². The fourth-order valence-electron chi connectivity index (χ4n) is 3.52. The molecule has 6 nitrogen and oxygen atoms in total. The van der Waals surface area contributed by atoms with Crippen molar-refractivity contribution in [2.45, 2.75) is 36.7 Å². The first-order chi connectivity index (χ1) is 14.0. The van der Waals surface area contributed by atoms with Gasteiger partial charge in [0.2, 0.25) is 0 Å². The highest BCUT2D eigenvalue weighted by Gasteiger charge is 2.20. The van der Waals surface area contributed by atoms with E-state index in [2.05, 4.69) is 39.8 Å². The Balaban J connectivity index is 1.31. The average molecular weight is 416 g/mol. The lowest BCUT2D eigenvalue weighted by Crippen LogP contribution is -2.47. The molecule has 0 aliphatic carbocycles. The van der Waals surface area contributed by atoms with Gasteiger partial charge in [0.25, 0.3) is 0 Å². The van der Waals surface area contributed by atoms with Crippen molar-refractivity contribution in [1.82, 2.24) is 15.5 Å². The van der Waals surface area contributed by atoms with Crippen LogP contribution in [-0.4, -0.2) is 50.8 Å². The number of rotatable bonds is 8. The Labute approximate surface area is 173 Å². The second-order valence-corrected chi connectivity index (χ2v) is 9.53. The van der Waals surface area contributed by atoms with Crippen LogP contribution in [0.25, 0.3) is 0 Å². The Kier molecular flexibility index (Phi) is 7.66. The molecule has 0 bridgehead atoms. The van der Waals surface area contributed by atoms with Gasteiger partial charge < -0.3 is 10.6 Å². The molecule has 7 heteroatoms. The smallest absolute Gasteiger partial charge is 0.315 e. The van der Waals surface area contributed by atoms with Gasteiger partial charge in [0.15, 0.2) is 9.84 Å². The summed E-state index contributed by atoms with van der Waals surface area (Å²) < 4.78 is 24.4. The largest absolute Gasteiger partial charge is 0.338 e. The van der Waals surface area contributed by atoms with Gasteiger partial charge in [-0.25, -0.2) is 13.2 Å². The van der Waals surface area contributed by atoms with Gasteiger partial charge in [-0.1, -0.05) is 48.5 Å². The van der Waals surface area contributed by atoms with Gasteiger partial charge in [-0.3, -0.25) is 4.90 Å². The van der Waals surface area contributed by atoms with Crippen molar-refractivity contribution in [3.8, 4) is 0 Å². The number of hydrogen-bond acceptors (Lipinski definition) is 4. The zero-order valence-corrected chi connectivity index (χ0v) is 17.4. The van der Waals surface area contributed by atoms with Crippen molar-refractivity contribution in [1.29, 1.82) is 0 Å². The SMILES string of the molecule is O=C(NCCCS(=O)(=O)c1ccccc1)NC1CCN(Cc2ccccc2)CC1. The number of likely N-dealkylation sites (tertiary alicyclic amines) is 1. The van der Waals surface area contributed by atoms with E-state index in [9.17, 15) is 13.2 Å². The monoisotopic (exact) mass is 415 g/mol. The van der Waals surface area contributed by atoms with E-state index in [-0.39, 0.29) is 17.8 Å². The summed E-state index contributed by atoms with van der Waals surface area (Å²) >= 11 is 0. The summed E-state index contributed by atoms with van der Waals surface area (Å²) in [5, 5.41) is 5.78. The first-order valence-corrected chi connectivity index (χ1v) is 11.8. The molecule has 29 heavy (non-hydrogen) atoms. The van der Waals surface area contributed by atoms with Crippen LogP contribution in [0.2, 0.25) is 0 Å². The standard InChI is InChI=1S/C22H29N3O3S/c26-22(23-14-7-17-29(27,28)21-10-5-2-6-11-21)24-20-12-15-25(16-13-20)18-19-8-3-1-4-9-19/h1-6,8-11,20H,7,12-18H2,(H2,23,24,26). The number of carbonyl (C=O) groups excluding carboxylic acids is 1. The molecule has 1 aliphatic heterocycles. The van der Waals surface area contributed by atoms with E-state index >= 15 is 0 Å². The van der Waals surface area contributed by atoms with Crippen LogP contribution >= 0.6 is 0 Å². The van der Waals surface area contributed by atoms with E-state index in [1.54, 1.807) is 30.3 Å². The van der Waals surface area contributed by atoms with Crippen LogP contribution in [0, 0.1) is 0 Å². The van der Waals surface area contributed by atoms with E-state index in [4.69, 9.17) is 0 Å². The first-order valence-electron chi connectivity index (χ1n) is 10.1. The van der Waals surface area contributed by atoms with Crippen molar-refractivity contribution in [3.63, 3.8) is 0 Å². The fourth-order valence-corrected chi connectivity index (χ4v) is 4.86. The fraction of sp³-hybridized carbons (Fsp3) is 0.409. The molecule has 2 aromatic carbocycles. The van der Waals surface area contributed by atoms with E-state index in [1.807, 2.05) is 6.07 Å². The molecule has 1 aliphatic rings. The van der Waals surface area contributed by atoms with Gasteiger partial charge in [-0.05, 0) is 37.0 Å². The summed E-state index contributed by atoms with van der Waals surface area (Å²) in [7, 11) is -3.29. The first kappa shape index (κ1) is 21.3. The van der Waals surface area contributed by atoms with E-state index in [0.29, 0.717) is 17.9 Å². The molecule has 1 fully saturated rings. The third kappa shape index (κ3) is 6.87. The minimum Gasteiger partial charge on any atom is -0.338 e. The van der Waals surface area contributed by atoms with Gasteiger partial charge >= 0.3 is 6.03 Å². The van der Waals surface area contributed by atoms with E-state index < -0.39 is 9.84 Å². The predicted octanol–water partition coefficient (Wildman–Crippen LogP) is 2.81. The Bertz CT molecular complexity index is 865. The number of carbonyl (C=O) groups is 1. The molecule has 0 aromatic heterocycles. The lowest BCUT2D eigenvalue weighted by molar-refractivity contribution is 0.186. The molecule has 0 spiro atoms. The van der Waals surface area contributed by atoms with Crippen molar-refractivity contribution in [3.05, 3.63) is 66.2 Å². The Morgan fingerprint density at radius 2 is 1.59 bits per heavy atom. The van der Waals surface area contributed by atoms with Crippen LogP contribution in [0.3, 0.4) is 0 Å². The second-order valence-electron chi connectivity index (χ2n) is 7.42. The number of nitrogens with zero attached hydrogens (tertiary/aromatic N) is 1. The van der Waals surface area contributed by atoms with Crippen molar-refractivity contribution in [2.24, 2.45) is 0 Å². The van der Waals surface area contributed by atoms with Crippen LogP contribution in [0.15, 0.2) is 65.6 Å². The molecular weight excluding hydrogens is 386 g/mol. The normalized spacial score (nSPS) is 15.7. The number of piperidine rings is 1. The average Bonchev–Trinajstić information content (AvgIpc) is 2.74. The van der Waals surface area contributed by atoms with Crippen LogP contribution in [0.4, 0.5) is 4.79 Å². The van der Waals surface area contributed by atoms with Crippen molar-refractivity contribution in [2.75, 3.05) is 25.4 Å². The summed E-state index contributed by atoms with van der Waals surface area (Å²) in [6.07, 6.45) is 2.23. The molecular formula is C22H29N3O3S. The summed E-state index contributed by atoms with van der Waals surface area (Å²) in [4.78, 5) is 14.8. The van der Waals surface area contributed by atoms with Gasteiger partial charge in [-0.2, -0.15) is 0 Å². The van der Waals surface area contributed by atoms with Crippen molar-refractivity contribution >= 4 is 15.9 Å². The van der Waals surface area contributed by atoms with Gasteiger partial charge in [0, 0.05) is 32.2 Å². The zero-order valence-electron chi connectivity index (χ0n) is 16.6. The highest BCUT2D eigenvalue weighted by atomic mass is 32.2. The summed E-state index contributed by atoms with van der Waals surface area (Å²) in [5.41, 5.74) is 1.31. The van der Waals surface area contributed by atoms with Crippen LogP contribution < -0.4 is 10.6 Å². The minimum absolute atomic E-state index is 0.0230. The molecule has 1 heterocycles. The Morgan fingerprint density at radius 1 is 0.966 bits per heavy atom. The topological polar surface area (TPSA) is 78.5 Å². The minimum atomic E-state index is -3.29. The van der Waals surface area contributed by atoms with Crippen LogP contribution in [0.5, 0.6) is 0 Å². The number of amides is 2. The maximum atomic E-state index is 12.2. The maximum Gasteiger partial charge on any atom is 0.315 e. The molecule has 156 valence electrons. The third-order valence-corrected chi connectivity index (χ3v) is 6.97. The van der Waals surface area contributed by atoms with Gasteiger partial charge in [-0.15, -0.1) is 0 Å². The highest BCUT2D eigenvalue weighted by molar-refractivity contribution is 7.91. The molecule has 3 rings (SSSR count). The zero-order chi connectivity index (χ0) is 20.5. The second kappa shape index (κ2) is 10.4. The predicted molar refractivity (Wildman–Crippen MR) is 114 cm³/mol. The third-order valence-electron chi connectivity index (χ3n) is 5.15. The summed E-state index contributed by atoms with van der Waals surface area (Å²) in [6.45, 7) is 3.19. The summed E-state index contributed by atoms with van der Waals surface area (Å²) in [6, 6.07) is 18.8. The molecule has 0 atom stereocenters. The molecule has 0 saturated carbocycles. The molecule has 2 N–H and O–H groups in total. The molecule has 0 radical (unpaired) electrons. The molecule has 1 saturated heterocycles. The number of sulfone groups is 1. The Hall–Kier alpha value is -2.38. The summed E-state index contributed by atoms with van der Waals surface area (Å²) in [5.74, 6) is 0.0230. The number of nitrogens with one attached hydrogen (secondary N) is 2. The quantitative estimate of drug-likeness (QED) is 0.650. The molecule has 2 amide bonds. The molecule has 2 aromatic rings. The lowest BCUT2D eigenvalue weighted by Gasteiger charge is -2.32. The molecule has 0 unspecified atom stereocenters. The highest BCUT2D eigenvalue weighted by Crippen LogP contribution is 2.14. The van der Waals surface area contributed by atoms with Gasteiger partial charge in [0.1, 0.15) is 0 Å². The van der Waals surface area contributed by atoms with Gasteiger partial charge in [0.05, 0.1) is 10.6 Å². The maximum absolute atomic E-state index is 12.2. The van der Waals surface area contributed by atoms with Crippen LogP contribution in [-0.2, 0) is 16.4 Å². The van der Waals surface area contributed by atoms with E-state index in [1.165, 1.54) is 5.56 Å². The number of urea groups is 1. The van der Waals surface area contributed by atoms with Crippen molar-refractivity contribution < 1.29 is 13.2 Å². The number of benzene rings is 2. The Morgan fingerprint density at radius 3 is 2.24 bits per heavy atom. The van der Waals surface area contributed by atoms with Crippen LogP contribution in [0.1, 0.15) is 24.8 Å².